The molecule has 1 fully saturated rings. The number of thiazole rings is 1. The Hall–Kier alpha value is -3.41. The number of aromatic nitrogens is 1. The van der Waals surface area contributed by atoms with Gasteiger partial charge in [0.2, 0.25) is 5.91 Å². The molecule has 2 N–H and O–H groups in total. The van der Waals surface area contributed by atoms with Crippen molar-refractivity contribution < 1.29 is 45.5 Å². The lowest BCUT2D eigenvalue weighted by Crippen LogP contribution is -2.61. The van der Waals surface area contributed by atoms with E-state index in [1.165, 1.54) is 17.0 Å². The quantitative estimate of drug-likeness (QED) is 0.185. The number of esters is 1. The smallest absolute Gasteiger partial charge is 0.455 e. The number of sulfonamides is 1. The zero-order chi connectivity index (χ0) is 39.9. The van der Waals surface area contributed by atoms with Gasteiger partial charge in [-0.15, -0.1) is 11.3 Å². The molecular formula is C36H52F3N5O7S2. The van der Waals surface area contributed by atoms with Crippen LogP contribution >= 0.6 is 11.3 Å². The van der Waals surface area contributed by atoms with Gasteiger partial charge in [0, 0.05) is 63.3 Å². The van der Waals surface area contributed by atoms with Gasteiger partial charge in [-0.1, -0.05) is 64.4 Å². The monoisotopic (exact) mass is 787 g/mol. The summed E-state index contributed by atoms with van der Waals surface area (Å²) in [6.45, 7) is 11.0. The highest BCUT2D eigenvalue weighted by Crippen LogP contribution is 2.35. The molecule has 0 aliphatic carbocycles. The van der Waals surface area contributed by atoms with E-state index >= 15 is 0 Å². The van der Waals surface area contributed by atoms with Crippen LogP contribution in [-0.4, -0.2) is 97.1 Å². The molecule has 3 rings (SSSR count). The van der Waals surface area contributed by atoms with Crippen LogP contribution in [0.5, 0.6) is 0 Å². The Balaban J connectivity index is 1.83. The van der Waals surface area contributed by atoms with Crippen molar-refractivity contribution in [2.75, 3.05) is 27.2 Å². The summed E-state index contributed by atoms with van der Waals surface area (Å²) >= 11 is 1.03. The number of nitrogens with one attached hydrogen (secondary N) is 2. The molecular weight excluding hydrogens is 736 g/mol. The SMILES string of the molecule is CC[C@H](C)[C@H](CC(=O)[C@@]1(C)CCN1C)C(=O)N(C)[C@H](C[C@@H](OC(C)=O)c1nc(C(=O)N[C@H](CNS(=O)(=O)C(F)(F)F)Cc2ccccc2)cs1)C(C)C. The van der Waals surface area contributed by atoms with E-state index in [-0.39, 0.29) is 53.5 Å². The fourth-order valence-electron chi connectivity index (χ4n) is 6.34. The van der Waals surface area contributed by atoms with Gasteiger partial charge in [0.1, 0.15) is 10.7 Å². The summed E-state index contributed by atoms with van der Waals surface area (Å²) in [6.07, 6.45) is 0.700. The fourth-order valence-corrected chi connectivity index (χ4v) is 7.77. The van der Waals surface area contributed by atoms with Gasteiger partial charge in [-0.05, 0) is 44.2 Å². The number of alkyl halides is 3. The van der Waals surface area contributed by atoms with Crippen LogP contribution in [-0.2, 0) is 35.6 Å². The zero-order valence-corrected chi connectivity index (χ0v) is 33.2. The fraction of sp³-hybridized carbons (Fsp3) is 0.639. The third-order valence-electron chi connectivity index (χ3n) is 10.3. The Labute approximate surface area is 314 Å². The van der Waals surface area contributed by atoms with E-state index in [1.807, 2.05) is 46.6 Å². The van der Waals surface area contributed by atoms with Crippen LogP contribution in [0.2, 0.25) is 0 Å². The first-order valence-electron chi connectivity index (χ1n) is 17.7. The second-order valence-corrected chi connectivity index (χ2v) is 17.0. The van der Waals surface area contributed by atoms with E-state index in [1.54, 1.807) is 42.3 Å². The highest BCUT2D eigenvalue weighted by atomic mass is 32.2. The standard InChI is InChI=1S/C36H52F3N5O7S2/c1-9-23(4)27(18-31(46)35(6)15-16-43(35)7)34(48)44(8)29(22(2)3)19-30(51-24(5)45)33-42-28(21-52-33)32(47)41-26(17-25-13-11-10-12-14-25)20-40-53(49,50)36(37,38)39/h10-14,21-23,26-27,29-30,40H,9,15-20H2,1-8H3,(H,41,47)/t23-,26-,27-,29+,30+,35+/m0/s1. The number of likely N-dealkylation sites (N-methyl/N-ethyl adjacent to an activating group) is 1. The Morgan fingerprint density at radius 2 is 1.77 bits per heavy atom. The Morgan fingerprint density at radius 3 is 2.28 bits per heavy atom. The number of hydrogen-bond acceptors (Lipinski definition) is 10. The zero-order valence-electron chi connectivity index (χ0n) is 31.5. The summed E-state index contributed by atoms with van der Waals surface area (Å²) in [7, 11) is -2.10. The van der Waals surface area contributed by atoms with Gasteiger partial charge in [0.05, 0.1) is 5.54 Å². The second kappa shape index (κ2) is 18.3. The normalized spacial score (nSPS) is 19.4. The van der Waals surface area contributed by atoms with Crippen LogP contribution < -0.4 is 10.0 Å². The number of amides is 2. The van der Waals surface area contributed by atoms with E-state index in [9.17, 15) is 40.8 Å². The lowest BCUT2D eigenvalue weighted by molar-refractivity contribution is -0.150. The molecule has 296 valence electrons. The minimum atomic E-state index is -5.67. The van der Waals surface area contributed by atoms with Crippen molar-refractivity contribution in [3.63, 3.8) is 0 Å². The van der Waals surface area contributed by atoms with Crippen molar-refractivity contribution in [3.05, 3.63) is 52.0 Å². The molecule has 6 atom stereocenters. The summed E-state index contributed by atoms with van der Waals surface area (Å²) in [6, 6.07) is 6.95. The van der Waals surface area contributed by atoms with Gasteiger partial charge in [0.15, 0.2) is 11.9 Å². The Kier molecular flexibility index (Phi) is 15.2. The van der Waals surface area contributed by atoms with Gasteiger partial charge in [0.25, 0.3) is 5.91 Å². The molecule has 1 aromatic heterocycles. The van der Waals surface area contributed by atoms with Gasteiger partial charge in [-0.2, -0.15) is 13.2 Å². The number of benzene rings is 1. The van der Waals surface area contributed by atoms with Crippen molar-refractivity contribution in [2.24, 2.45) is 17.8 Å². The number of ether oxygens (including phenoxy) is 1. The molecule has 12 nitrogen and oxygen atoms in total. The average molecular weight is 788 g/mol. The summed E-state index contributed by atoms with van der Waals surface area (Å²) in [5.74, 6) is -2.31. The van der Waals surface area contributed by atoms with E-state index < -0.39 is 63.6 Å². The number of likely N-dealkylation sites (tertiary alicyclic amines) is 1. The maximum absolute atomic E-state index is 14.2. The van der Waals surface area contributed by atoms with E-state index in [2.05, 4.69) is 10.3 Å². The molecule has 0 unspecified atom stereocenters. The van der Waals surface area contributed by atoms with E-state index in [0.717, 1.165) is 24.3 Å². The van der Waals surface area contributed by atoms with Crippen LogP contribution in [0.3, 0.4) is 0 Å². The molecule has 2 aromatic rings. The third kappa shape index (κ3) is 11.3. The minimum Gasteiger partial charge on any atom is -0.455 e. The molecule has 1 aliphatic rings. The van der Waals surface area contributed by atoms with Crippen LogP contribution in [0.15, 0.2) is 35.7 Å². The second-order valence-electron chi connectivity index (χ2n) is 14.4. The molecule has 1 aromatic carbocycles. The first-order valence-corrected chi connectivity index (χ1v) is 20.0. The lowest BCUT2D eigenvalue weighted by Gasteiger charge is -2.48. The predicted octanol–water partition coefficient (Wildman–Crippen LogP) is 5.12. The molecule has 0 radical (unpaired) electrons. The van der Waals surface area contributed by atoms with Gasteiger partial charge in [-0.25, -0.2) is 18.1 Å². The molecule has 2 amide bonds. The van der Waals surface area contributed by atoms with E-state index in [4.69, 9.17) is 4.74 Å². The summed E-state index contributed by atoms with van der Waals surface area (Å²) < 4.78 is 69.7. The number of ketones is 1. The number of rotatable bonds is 19. The Bertz CT molecular complexity index is 1690. The maximum atomic E-state index is 14.2. The molecule has 0 spiro atoms. The van der Waals surface area contributed by atoms with Gasteiger partial charge in [-0.3, -0.25) is 24.1 Å². The lowest BCUT2D eigenvalue weighted by atomic mass is 9.76. The van der Waals surface area contributed by atoms with Crippen molar-refractivity contribution >= 4 is 44.9 Å². The summed E-state index contributed by atoms with van der Waals surface area (Å²) in [4.78, 5) is 61.3. The highest BCUT2D eigenvalue weighted by Gasteiger charge is 2.47. The number of nitrogens with zero attached hydrogens (tertiary/aromatic N) is 3. The molecule has 53 heavy (non-hydrogen) atoms. The van der Waals surface area contributed by atoms with Crippen molar-refractivity contribution in [2.45, 2.75) is 103 Å². The number of carbonyl (C=O) groups is 4. The first kappa shape index (κ1) is 44.0. The van der Waals surface area contributed by atoms with E-state index in [0.29, 0.717) is 12.0 Å². The van der Waals surface area contributed by atoms with Gasteiger partial charge < -0.3 is 15.0 Å². The van der Waals surface area contributed by atoms with Crippen LogP contribution in [0.1, 0.15) is 94.4 Å². The predicted molar refractivity (Wildman–Crippen MR) is 195 cm³/mol. The van der Waals surface area contributed by atoms with Crippen molar-refractivity contribution in [1.29, 1.82) is 0 Å². The number of halogens is 3. The van der Waals surface area contributed by atoms with Crippen LogP contribution in [0.25, 0.3) is 0 Å². The first-order chi connectivity index (χ1) is 24.6. The third-order valence-corrected chi connectivity index (χ3v) is 12.4. The van der Waals surface area contributed by atoms with Crippen LogP contribution in [0.4, 0.5) is 13.2 Å². The number of Topliss-reactive ketones (excluding diaryl/α,β-unsaturated/α-hetero) is 1. The van der Waals surface area contributed by atoms with Gasteiger partial charge >= 0.3 is 21.5 Å². The number of hydrogen-bond donors (Lipinski definition) is 2. The minimum absolute atomic E-state index is 0.00956. The van der Waals surface area contributed by atoms with Crippen molar-refractivity contribution in [1.82, 2.24) is 24.8 Å². The molecule has 17 heteroatoms. The molecule has 0 saturated carbocycles. The summed E-state index contributed by atoms with van der Waals surface area (Å²) in [5.41, 5.74) is -5.61. The average Bonchev–Trinajstić information content (AvgIpc) is 3.59. The summed E-state index contributed by atoms with van der Waals surface area (Å²) in [5, 5.41) is 4.24. The molecule has 2 heterocycles. The maximum Gasteiger partial charge on any atom is 0.511 e. The largest absolute Gasteiger partial charge is 0.511 e. The number of carbonyl (C=O) groups excluding carboxylic acids is 4. The highest BCUT2D eigenvalue weighted by molar-refractivity contribution is 7.90. The molecule has 1 saturated heterocycles. The molecule has 1 aliphatic heterocycles. The van der Waals surface area contributed by atoms with Crippen molar-refractivity contribution in [3.8, 4) is 0 Å². The van der Waals surface area contributed by atoms with Crippen LogP contribution in [0, 0.1) is 17.8 Å². The topological polar surface area (TPSA) is 155 Å². The Morgan fingerprint density at radius 1 is 1.13 bits per heavy atom. The molecule has 0 bridgehead atoms.